The molecule has 1 aliphatic heterocycles. The highest BCUT2D eigenvalue weighted by molar-refractivity contribution is 5.94. The molecule has 1 aromatic carbocycles. The average Bonchev–Trinajstić information content (AvgIpc) is 3.15. The molecule has 1 fully saturated rings. The van der Waals surface area contributed by atoms with Crippen LogP contribution in [-0.4, -0.2) is 62.0 Å². The van der Waals surface area contributed by atoms with Crippen molar-refractivity contribution < 1.29 is 23.1 Å². The van der Waals surface area contributed by atoms with Gasteiger partial charge in [0.15, 0.2) is 11.5 Å². The van der Waals surface area contributed by atoms with Gasteiger partial charge in [-0.05, 0) is 18.2 Å². The van der Waals surface area contributed by atoms with E-state index in [-0.39, 0.29) is 23.1 Å². The summed E-state index contributed by atoms with van der Waals surface area (Å²) in [5.41, 5.74) is 0.613. The topological polar surface area (TPSA) is 98.2 Å². The van der Waals surface area contributed by atoms with Crippen molar-refractivity contribution in [1.29, 1.82) is 0 Å². The number of aromatic amines is 1. The van der Waals surface area contributed by atoms with E-state index < -0.39 is 12.0 Å². The first-order valence-electron chi connectivity index (χ1n) is 8.44. The van der Waals surface area contributed by atoms with Gasteiger partial charge in [-0.25, -0.2) is 15.0 Å². The molecular formula is C17H15F3N6O2. The number of carbonyl (C=O) groups excluding carboxylic acids is 1. The predicted octanol–water partition coefficient (Wildman–Crippen LogP) is 2.04. The van der Waals surface area contributed by atoms with Crippen LogP contribution in [0.15, 0.2) is 30.6 Å². The molecule has 2 aromatic heterocycles. The Morgan fingerprint density at radius 2 is 1.89 bits per heavy atom. The van der Waals surface area contributed by atoms with Crippen molar-refractivity contribution in [3.05, 3.63) is 42.0 Å². The second-order valence-electron chi connectivity index (χ2n) is 6.30. The van der Waals surface area contributed by atoms with Crippen molar-refractivity contribution in [2.45, 2.75) is 6.18 Å². The average molecular weight is 392 g/mol. The minimum absolute atomic E-state index is 0.00760. The van der Waals surface area contributed by atoms with Crippen LogP contribution < -0.4 is 4.90 Å². The number of imidazole rings is 1. The number of phenolic OH excluding ortho intramolecular Hbond substituents is 1. The number of hydrogen-bond donors (Lipinski definition) is 2. The normalized spacial score (nSPS) is 15.2. The zero-order valence-electron chi connectivity index (χ0n) is 14.4. The van der Waals surface area contributed by atoms with E-state index in [9.17, 15) is 23.1 Å². The molecule has 4 rings (SSSR count). The number of benzene rings is 1. The Balaban J connectivity index is 1.55. The number of carbonyl (C=O) groups is 1. The van der Waals surface area contributed by atoms with Gasteiger partial charge < -0.3 is 19.9 Å². The molecule has 1 aliphatic rings. The fourth-order valence-corrected chi connectivity index (χ4v) is 3.12. The first kappa shape index (κ1) is 18.0. The largest absolute Gasteiger partial charge is 0.508 e. The zero-order valence-corrected chi connectivity index (χ0v) is 14.4. The highest BCUT2D eigenvalue weighted by atomic mass is 19.4. The third kappa shape index (κ3) is 3.30. The second-order valence-corrected chi connectivity index (χ2v) is 6.30. The summed E-state index contributed by atoms with van der Waals surface area (Å²) in [6, 6.07) is 6.02. The number of phenols is 1. The Morgan fingerprint density at radius 1 is 1.14 bits per heavy atom. The third-order valence-corrected chi connectivity index (χ3v) is 4.48. The number of nitrogens with one attached hydrogen (secondary N) is 1. The first-order chi connectivity index (χ1) is 13.3. The molecule has 3 heterocycles. The molecule has 0 bridgehead atoms. The van der Waals surface area contributed by atoms with Crippen LogP contribution in [0.2, 0.25) is 0 Å². The predicted molar refractivity (Wildman–Crippen MR) is 92.9 cm³/mol. The summed E-state index contributed by atoms with van der Waals surface area (Å²) in [4.78, 5) is 29.6. The molecule has 146 valence electrons. The van der Waals surface area contributed by atoms with Crippen LogP contribution >= 0.6 is 0 Å². The number of H-pyrrole nitrogens is 1. The van der Waals surface area contributed by atoms with Crippen LogP contribution in [0.3, 0.4) is 0 Å². The lowest BCUT2D eigenvalue weighted by Crippen LogP contribution is -2.49. The SMILES string of the molecule is O=C(c1cccc(O)c1)N1CCN(c2nc(C(F)(F)F)nc3nc[nH]c23)CC1. The lowest BCUT2D eigenvalue weighted by molar-refractivity contribution is -0.144. The van der Waals surface area contributed by atoms with Crippen LogP contribution in [0.5, 0.6) is 5.75 Å². The number of halogens is 3. The molecule has 0 saturated carbocycles. The Kier molecular flexibility index (Phi) is 4.28. The molecular weight excluding hydrogens is 377 g/mol. The summed E-state index contributed by atoms with van der Waals surface area (Å²) in [5.74, 6) is -1.40. The number of hydrogen-bond acceptors (Lipinski definition) is 6. The maximum atomic E-state index is 13.1. The molecule has 2 N–H and O–H groups in total. The Bertz CT molecular complexity index is 1030. The number of nitrogens with zero attached hydrogens (tertiary/aromatic N) is 5. The summed E-state index contributed by atoms with van der Waals surface area (Å²) < 4.78 is 39.3. The molecule has 8 nitrogen and oxygen atoms in total. The minimum atomic E-state index is -4.69. The fourth-order valence-electron chi connectivity index (χ4n) is 3.12. The maximum Gasteiger partial charge on any atom is 0.451 e. The molecule has 0 unspecified atom stereocenters. The molecule has 11 heteroatoms. The summed E-state index contributed by atoms with van der Waals surface area (Å²) >= 11 is 0. The quantitative estimate of drug-likeness (QED) is 0.693. The first-order valence-corrected chi connectivity index (χ1v) is 8.44. The van der Waals surface area contributed by atoms with Crippen molar-refractivity contribution in [1.82, 2.24) is 24.8 Å². The molecule has 0 atom stereocenters. The Morgan fingerprint density at radius 3 is 2.57 bits per heavy atom. The van der Waals surface area contributed by atoms with E-state index in [2.05, 4.69) is 19.9 Å². The van der Waals surface area contributed by atoms with Gasteiger partial charge in [0.1, 0.15) is 11.3 Å². The van der Waals surface area contributed by atoms with E-state index in [1.165, 1.54) is 18.5 Å². The number of aromatic hydroxyl groups is 1. The van der Waals surface area contributed by atoms with Crippen LogP contribution in [0, 0.1) is 0 Å². The van der Waals surface area contributed by atoms with Crippen molar-refractivity contribution in [2.24, 2.45) is 0 Å². The Hall–Kier alpha value is -3.37. The highest BCUT2D eigenvalue weighted by Gasteiger charge is 2.37. The van der Waals surface area contributed by atoms with E-state index in [4.69, 9.17) is 0 Å². The lowest BCUT2D eigenvalue weighted by atomic mass is 10.1. The number of piperazine rings is 1. The number of amides is 1. The smallest absolute Gasteiger partial charge is 0.451 e. The van der Waals surface area contributed by atoms with E-state index in [0.717, 1.165) is 0 Å². The van der Waals surface area contributed by atoms with Crippen LogP contribution in [0.1, 0.15) is 16.2 Å². The number of anilines is 1. The van der Waals surface area contributed by atoms with Crippen molar-refractivity contribution in [3.63, 3.8) is 0 Å². The lowest BCUT2D eigenvalue weighted by Gasteiger charge is -2.35. The van der Waals surface area contributed by atoms with Crippen molar-refractivity contribution >= 4 is 22.9 Å². The van der Waals surface area contributed by atoms with Gasteiger partial charge in [0, 0.05) is 31.7 Å². The maximum absolute atomic E-state index is 13.1. The molecule has 1 amide bonds. The van der Waals surface area contributed by atoms with Crippen LogP contribution in [-0.2, 0) is 6.18 Å². The molecule has 0 spiro atoms. The van der Waals surface area contributed by atoms with Crippen LogP contribution in [0.4, 0.5) is 19.0 Å². The molecule has 0 radical (unpaired) electrons. The molecule has 1 saturated heterocycles. The highest BCUT2D eigenvalue weighted by Crippen LogP contribution is 2.31. The minimum Gasteiger partial charge on any atom is -0.508 e. The van der Waals surface area contributed by atoms with Gasteiger partial charge in [0.2, 0.25) is 5.82 Å². The standard InChI is InChI=1S/C17H15F3N6O2/c18-17(19,20)16-23-13-12(21-9-22-13)14(24-16)25-4-6-26(7-5-25)15(28)10-2-1-3-11(27)8-10/h1-3,8-9,27H,4-7H2,(H,21,22,23,24). The van der Waals surface area contributed by atoms with Gasteiger partial charge in [0.05, 0.1) is 6.33 Å². The molecule has 28 heavy (non-hydrogen) atoms. The van der Waals surface area contributed by atoms with Gasteiger partial charge in [0.25, 0.3) is 5.91 Å². The van der Waals surface area contributed by atoms with Crippen LogP contribution in [0.25, 0.3) is 11.2 Å². The summed E-state index contributed by atoms with van der Waals surface area (Å²) in [5, 5.41) is 9.53. The molecule has 3 aromatic rings. The Labute approximate surface area is 156 Å². The molecule has 0 aliphatic carbocycles. The second kappa shape index (κ2) is 6.66. The summed E-state index contributed by atoms with van der Waals surface area (Å²) in [6.45, 7) is 1.20. The van der Waals surface area contributed by atoms with Gasteiger partial charge in [-0.1, -0.05) is 6.07 Å². The number of fused-ring (bicyclic) bond motifs is 1. The van der Waals surface area contributed by atoms with Gasteiger partial charge in [-0.3, -0.25) is 4.79 Å². The van der Waals surface area contributed by atoms with E-state index in [1.807, 2.05) is 0 Å². The summed E-state index contributed by atoms with van der Waals surface area (Å²) in [7, 11) is 0. The monoisotopic (exact) mass is 392 g/mol. The summed E-state index contributed by atoms with van der Waals surface area (Å²) in [6.07, 6.45) is -3.42. The fraction of sp³-hybridized carbons (Fsp3) is 0.294. The number of rotatable bonds is 2. The van der Waals surface area contributed by atoms with Crippen molar-refractivity contribution in [2.75, 3.05) is 31.1 Å². The van der Waals surface area contributed by atoms with Gasteiger partial charge in [-0.15, -0.1) is 0 Å². The number of aromatic nitrogens is 4. The van der Waals surface area contributed by atoms with E-state index in [1.54, 1.807) is 21.9 Å². The van der Waals surface area contributed by atoms with Crippen molar-refractivity contribution in [3.8, 4) is 5.75 Å². The number of alkyl halides is 3. The van der Waals surface area contributed by atoms with Gasteiger partial charge in [-0.2, -0.15) is 13.2 Å². The zero-order chi connectivity index (χ0) is 19.9. The van der Waals surface area contributed by atoms with E-state index >= 15 is 0 Å². The van der Waals surface area contributed by atoms with E-state index in [0.29, 0.717) is 37.3 Å². The third-order valence-electron chi connectivity index (χ3n) is 4.48. The van der Waals surface area contributed by atoms with Gasteiger partial charge >= 0.3 is 6.18 Å².